The molecule has 1 aromatic carbocycles. The molecule has 1 aromatic heterocycles. The fourth-order valence-corrected chi connectivity index (χ4v) is 3.93. The number of para-hydroxylation sites is 1. The highest BCUT2D eigenvalue weighted by atomic mass is 16.3. The molecule has 2 atom stereocenters. The van der Waals surface area contributed by atoms with E-state index in [0.29, 0.717) is 5.75 Å². The Morgan fingerprint density at radius 2 is 1.90 bits per heavy atom. The number of aromatic nitrogens is 1. The second-order valence-electron chi connectivity index (χ2n) is 6.29. The zero-order chi connectivity index (χ0) is 13.5. The van der Waals surface area contributed by atoms with Crippen LogP contribution in [0.2, 0.25) is 0 Å². The second-order valence-corrected chi connectivity index (χ2v) is 6.29. The zero-order valence-electron chi connectivity index (χ0n) is 11.6. The highest BCUT2D eigenvalue weighted by molar-refractivity contribution is 5.80. The number of hydrogen-bond donors (Lipinski definition) is 1. The molecule has 20 heavy (non-hydrogen) atoms. The van der Waals surface area contributed by atoms with Crippen molar-refractivity contribution in [1.82, 2.24) is 9.88 Å². The van der Waals surface area contributed by atoms with Gasteiger partial charge in [0.15, 0.2) is 0 Å². The molecule has 2 heterocycles. The molecule has 1 aliphatic carbocycles. The first kappa shape index (κ1) is 12.2. The maximum Gasteiger partial charge on any atom is 0.139 e. The third-order valence-electron chi connectivity index (χ3n) is 4.96. The summed E-state index contributed by atoms with van der Waals surface area (Å²) in [5.41, 5.74) is 1.79. The summed E-state index contributed by atoms with van der Waals surface area (Å²) in [7, 11) is 0. The summed E-state index contributed by atoms with van der Waals surface area (Å²) < 4.78 is 0. The van der Waals surface area contributed by atoms with E-state index in [0.717, 1.165) is 35.0 Å². The van der Waals surface area contributed by atoms with Crippen LogP contribution in [0.3, 0.4) is 0 Å². The summed E-state index contributed by atoms with van der Waals surface area (Å²) in [5, 5.41) is 11.2. The summed E-state index contributed by atoms with van der Waals surface area (Å²) in [5.74, 6) is 2.11. The Bertz CT molecular complexity index is 628. The van der Waals surface area contributed by atoms with Crippen molar-refractivity contribution < 1.29 is 5.11 Å². The van der Waals surface area contributed by atoms with Gasteiger partial charge in [-0.05, 0) is 36.8 Å². The molecule has 104 valence electrons. The van der Waals surface area contributed by atoms with E-state index in [-0.39, 0.29) is 0 Å². The van der Waals surface area contributed by atoms with Crippen molar-refractivity contribution in [3.63, 3.8) is 0 Å². The number of benzene rings is 1. The predicted molar refractivity (Wildman–Crippen MR) is 79.5 cm³/mol. The van der Waals surface area contributed by atoms with E-state index in [1.54, 1.807) is 0 Å². The first-order valence-electron chi connectivity index (χ1n) is 7.59. The fraction of sp³-hybridized carbons (Fsp3) is 0.471. The molecule has 2 aromatic rings. The van der Waals surface area contributed by atoms with Gasteiger partial charge in [0.05, 0.1) is 11.2 Å². The van der Waals surface area contributed by atoms with Crippen LogP contribution in [0.15, 0.2) is 30.3 Å². The van der Waals surface area contributed by atoms with Crippen molar-refractivity contribution in [1.29, 1.82) is 0 Å². The number of pyridine rings is 1. The van der Waals surface area contributed by atoms with Crippen LogP contribution >= 0.6 is 0 Å². The lowest BCUT2D eigenvalue weighted by Gasteiger charge is -2.17. The van der Waals surface area contributed by atoms with Gasteiger partial charge in [-0.3, -0.25) is 4.90 Å². The van der Waals surface area contributed by atoms with Gasteiger partial charge in [0.25, 0.3) is 0 Å². The SMILES string of the molecule is Oc1cc2ccccc2nc1CN1CC2CCCC2C1. The molecule has 1 saturated heterocycles. The van der Waals surface area contributed by atoms with Gasteiger partial charge >= 0.3 is 0 Å². The van der Waals surface area contributed by atoms with Gasteiger partial charge in [-0.1, -0.05) is 24.6 Å². The first-order valence-corrected chi connectivity index (χ1v) is 7.59. The van der Waals surface area contributed by atoms with E-state index in [9.17, 15) is 5.11 Å². The molecule has 0 spiro atoms. The van der Waals surface area contributed by atoms with Crippen molar-refractivity contribution in [2.24, 2.45) is 11.8 Å². The quantitative estimate of drug-likeness (QED) is 0.909. The Balaban J connectivity index is 1.58. The van der Waals surface area contributed by atoms with Gasteiger partial charge in [-0.2, -0.15) is 0 Å². The second kappa shape index (κ2) is 4.74. The summed E-state index contributed by atoms with van der Waals surface area (Å²) in [6.07, 6.45) is 4.18. The maximum atomic E-state index is 10.2. The normalized spacial score (nSPS) is 26.2. The highest BCUT2D eigenvalue weighted by Crippen LogP contribution is 2.38. The molecule has 2 aliphatic rings. The summed E-state index contributed by atoms with van der Waals surface area (Å²) in [4.78, 5) is 7.10. The van der Waals surface area contributed by atoms with Crippen molar-refractivity contribution >= 4 is 10.9 Å². The fourth-order valence-electron chi connectivity index (χ4n) is 3.93. The molecule has 0 radical (unpaired) electrons. The zero-order valence-corrected chi connectivity index (χ0v) is 11.6. The molecule has 0 amide bonds. The van der Waals surface area contributed by atoms with Crippen LogP contribution in [0.1, 0.15) is 25.0 Å². The molecular formula is C17H20N2O. The number of fused-ring (bicyclic) bond motifs is 2. The van der Waals surface area contributed by atoms with Gasteiger partial charge in [-0.15, -0.1) is 0 Å². The number of rotatable bonds is 2. The van der Waals surface area contributed by atoms with Crippen LogP contribution in [0, 0.1) is 11.8 Å². The lowest BCUT2D eigenvalue weighted by molar-refractivity contribution is 0.294. The molecule has 1 N–H and O–H groups in total. The van der Waals surface area contributed by atoms with Gasteiger partial charge in [0.2, 0.25) is 0 Å². The molecule has 1 aliphatic heterocycles. The van der Waals surface area contributed by atoms with E-state index < -0.39 is 0 Å². The summed E-state index contributed by atoms with van der Waals surface area (Å²) >= 11 is 0. The molecule has 2 unspecified atom stereocenters. The number of nitrogens with zero attached hydrogens (tertiary/aromatic N) is 2. The third kappa shape index (κ3) is 2.06. The minimum Gasteiger partial charge on any atom is -0.506 e. The monoisotopic (exact) mass is 268 g/mol. The van der Waals surface area contributed by atoms with E-state index in [4.69, 9.17) is 0 Å². The molecule has 3 nitrogen and oxygen atoms in total. The van der Waals surface area contributed by atoms with E-state index in [2.05, 4.69) is 9.88 Å². The molecule has 4 rings (SSSR count). The van der Waals surface area contributed by atoms with Gasteiger partial charge in [0, 0.05) is 25.0 Å². The Labute approximate surface area is 119 Å². The van der Waals surface area contributed by atoms with Crippen LogP contribution in [0.5, 0.6) is 5.75 Å². The number of likely N-dealkylation sites (tertiary alicyclic amines) is 1. The van der Waals surface area contributed by atoms with E-state index in [1.165, 1.54) is 32.4 Å². The van der Waals surface area contributed by atoms with E-state index in [1.807, 2.05) is 30.3 Å². The standard InChI is InChI=1S/C17H20N2O/c20-17-8-12-4-1-2-7-15(12)18-16(17)11-19-9-13-5-3-6-14(13)10-19/h1-2,4,7-8,13-14,20H,3,5-6,9-11H2. The molecular weight excluding hydrogens is 248 g/mol. The van der Waals surface area contributed by atoms with Crippen LogP contribution < -0.4 is 0 Å². The van der Waals surface area contributed by atoms with Crippen LogP contribution in [0.25, 0.3) is 10.9 Å². The minimum atomic E-state index is 0.334. The Morgan fingerprint density at radius 3 is 2.70 bits per heavy atom. The van der Waals surface area contributed by atoms with Crippen molar-refractivity contribution in [3.05, 3.63) is 36.0 Å². The molecule has 0 bridgehead atoms. The number of aromatic hydroxyl groups is 1. The van der Waals surface area contributed by atoms with Crippen LogP contribution in [0.4, 0.5) is 0 Å². The average molecular weight is 268 g/mol. The lowest BCUT2D eigenvalue weighted by Crippen LogP contribution is -2.21. The topological polar surface area (TPSA) is 36.4 Å². The predicted octanol–water partition coefficient (Wildman–Crippen LogP) is 3.17. The smallest absolute Gasteiger partial charge is 0.139 e. The minimum absolute atomic E-state index is 0.334. The van der Waals surface area contributed by atoms with Crippen molar-refractivity contribution in [3.8, 4) is 5.75 Å². The van der Waals surface area contributed by atoms with Crippen molar-refractivity contribution in [2.75, 3.05) is 13.1 Å². The van der Waals surface area contributed by atoms with Gasteiger partial charge in [-0.25, -0.2) is 4.98 Å². The molecule has 1 saturated carbocycles. The average Bonchev–Trinajstić information content (AvgIpc) is 3.00. The highest BCUT2D eigenvalue weighted by Gasteiger charge is 2.36. The first-order chi connectivity index (χ1) is 9.79. The maximum absolute atomic E-state index is 10.2. The van der Waals surface area contributed by atoms with Crippen LogP contribution in [-0.4, -0.2) is 28.1 Å². The molecule has 2 fully saturated rings. The Kier molecular flexibility index (Phi) is 2.88. The molecule has 3 heteroatoms. The van der Waals surface area contributed by atoms with E-state index >= 15 is 0 Å². The summed E-state index contributed by atoms with van der Waals surface area (Å²) in [6, 6.07) is 9.82. The lowest BCUT2D eigenvalue weighted by atomic mass is 10.0. The number of hydrogen-bond acceptors (Lipinski definition) is 3. The Hall–Kier alpha value is -1.61. The van der Waals surface area contributed by atoms with Gasteiger partial charge in [0.1, 0.15) is 5.75 Å². The van der Waals surface area contributed by atoms with Crippen molar-refractivity contribution in [2.45, 2.75) is 25.8 Å². The van der Waals surface area contributed by atoms with Gasteiger partial charge < -0.3 is 5.11 Å². The Morgan fingerprint density at radius 1 is 1.15 bits per heavy atom. The van der Waals surface area contributed by atoms with Crippen LogP contribution in [-0.2, 0) is 6.54 Å². The summed E-state index contributed by atoms with van der Waals surface area (Å²) in [6.45, 7) is 3.14. The largest absolute Gasteiger partial charge is 0.506 e. The third-order valence-corrected chi connectivity index (χ3v) is 4.96.